The van der Waals surface area contributed by atoms with Crippen LogP contribution in [0.25, 0.3) is 0 Å². The van der Waals surface area contributed by atoms with Crippen LogP contribution in [0.15, 0.2) is 18.2 Å². The first-order valence-corrected chi connectivity index (χ1v) is 7.70. The van der Waals surface area contributed by atoms with Crippen molar-refractivity contribution in [1.29, 1.82) is 0 Å². The van der Waals surface area contributed by atoms with Gasteiger partial charge in [0, 0.05) is 23.9 Å². The Labute approximate surface area is 132 Å². The van der Waals surface area contributed by atoms with Crippen molar-refractivity contribution in [3.05, 3.63) is 29.3 Å². The van der Waals surface area contributed by atoms with E-state index in [0.717, 1.165) is 17.0 Å². The molecular formula is C15H25ClN2OS. The maximum absolute atomic E-state index is 11.8. The largest absolute Gasteiger partial charge is 0.327 e. The van der Waals surface area contributed by atoms with E-state index >= 15 is 0 Å². The van der Waals surface area contributed by atoms with Gasteiger partial charge in [0.1, 0.15) is 0 Å². The van der Waals surface area contributed by atoms with E-state index in [9.17, 15) is 4.79 Å². The minimum atomic E-state index is -0.111. The van der Waals surface area contributed by atoms with Crippen LogP contribution < -0.4 is 11.1 Å². The van der Waals surface area contributed by atoms with Gasteiger partial charge in [-0.3, -0.25) is 4.79 Å². The predicted octanol–water partition coefficient (Wildman–Crippen LogP) is 3.73. The third-order valence-corrected chi connectivity index (χ3v) is 3.94. The molecule has 114 valence electrons. The van der Waals surface area contributed by atoms with E-state index < -0.39 is 0 Å². The number of benzene rings is 1. The molecule has 1 aromatic carbocycles. The van der Waals surface area contributed by atoms with Crippen molar-refractivity contribution >= 4 is 35.8 Å². The van der Waals surface area contributed by atoms with Gasteiger partial charge in [0.2, 0.25) is 5.91 Å². The average Bonchev–Trinajstić information content (AvgIpc) is 2.29. The summed E-state index contributed by atoms with van der Waals surface area (Å²) in [7, 11) is 0. The van der Waals surface area contributed by atoms with Crippen LogP contribution in [0.2, 0.25) is 0 Å². The molecule has 1 atom stereocenters. The highest BCUT2D eigenvalue weighted by Gasteiger charge is 2.09. The molecule has 3 N–H and O–H groups in total. The highest BCUT2D eigenvalue weighted by Crippen LogP contribution is 2.24. The summed E-state index contributed by atoms with van der Waals surface area (Å²) in [5, 5.41) is 3.55. The quantitative estimate of drug-likeness (QED) is 0.840. The van der Waals surface area contributed by atoms with Crippen LogP contribution in [0, 0.1) is 6.92 Å². The summed E-state index contributed by atoms with van der Waals surface area (Å²) in [6, 6.07) is 5.94. The molecule has 1 amide bonds. The van der Waals surface area contributed by atoms with E-state index in [1.165, 1.54) is 5.56 Å². The van der Waals surface area contributed by atoms with Crippen LogP contribution in [0.5, 0.6) is 0 Å². The van der Waals surface area contributed by atoms with Gasteiger partial charge in [0.15, 0.2) is 0 Å². The van der Waals surface area contributed by atoms with Gasteiger partial charge in [-0.1, -0.05) is 26.0 Å². The van der Waals surface area contributed by atoms with Gasteiger partial charge < -0.3 is 11.1 Å². The first-order valence-electron chi connectivity index (χ1n) is 6.65. The number of nitrogens with two attached hydrogens (primary N) is 1. The summed E-state index contributed by atoms with van der Waals surface area (Å²) >= 11 is 1.90. The van der Waals surface area contributed by atoms with Gasteiger partial charge in [-0.15, -0.1) is 12.4 Å². The number of rotatable bonds is 6. The first kappa shape index (κ1) is 19.3. The number of carbonyl (C=O) groups is 1. The van der Waals surface area contributed by atoms with Crippen LogP contribution in [0.1, 0.15) is 38.3 Å². The maximum Gasteiger partial charge on any atom is 0.225 e. The van der Waals surface area contributed by atoms with Crippen molar-refractivity contribution < 1.29 is 4.79 Å². The van der Waals surface area contributed by atoms with Gasteiger partial charge in [0.25, 0.3) is 0 Å². The molecule has 0 aliphatic carbocycles. The van der Waals surface area contributed by atoms with Gasteiger partial charge in [0.05, 0.1) is 0 Å². The van der Waals surface area contributed by atoms with Crippen molar-refractivity contribution in [3.63, 3.8) is 0 Å². The lowest BCUT2D eigenvalue weighted by Crippen LogP contribution is -2.24. The SMILES string of the molecule is Cc1c(CSC(C)C)cccc1NC(=O)CC(C)N.Cl. The molecule has 1 rings (SSSR count). The maximum atomic E-state index is 11.8. The molecule has 0 saturated carbocycles. The summed E-state index contributed by atoms with van der Waals surface area (Å²) in [6.45, 7) is 8.27. The molecule has 20 heavy (non-hydrogen) atoms. The Morgan fingerprint density at radius 1 is 1.35 bits per heavy atom. The fourth-order valence-corrected chi connectivity index (χ4v) is 2.55. The van der Waals surface area contributed by atoms with E-state index in [-0.39, 0.29) is 24.4 Å². The van der Waals surface area contributed by atoms with Crippen LogP contribution in [-0.4, -0.2) is 17.2 Å². The first-order chi connectivity index (χ1) is 8.90. The standard InChI is InChI=1S/C15H24N2OS.ClH/c1-10(2)19-9-13-6-5-7-14(12(13)4)17-15(18)8-11(3)16;/h5-7,10-11H,8-9,16H2,1-4H3,(H,17,18);1H. The zero-order valence-corrected chi connectivity index (χ0v) is 14.2. The second-order valence-electron chi connectivity index (χ2n) is 5.18. The highest BCUT2D eigenvalue weighted by molar-refractivity contribution is 7.99. The lowest BCUT2D eigenvalue weighted by atomic mass is 10.1. The Kier molecular flexibility index (Phi) is 8.94. The van der Waals surface area contributed by atoms with Crippen LogP contribution in [-0.2, 0) is 10.5 Å². The Bertz CT molecular complexity index is 436. The third kappa shape index (κ3) is 6.64. The Balaban J connectivity index is 0.00000361. The number of nitrogens with one attached hydrogen (secondary N) is 1. The molecule has 5 heteroatoms. The third-order valence-electron chi connectivity index (χ3n) is 2.80. The van der Waals surface area contributed by atoms with Crippen molar-refractivity contribution in [2.24, 2.45) is 5.73 Å². The van der Waals surface area contributed by atoms with Crippen molar-refractivity contribution in [3.8, 4) is 0 Å². The van der Waals surface area contributed by atoms with Crippen molar-refractivity contribution in [2.45, 2.75) is 51.2 Å². The van der Waals surface area contributed by atoms with E-state index in [0.29, 0.717) is 11.7 Å². The molecule has 1 aromatic rings. The molecule has 0 fully saturated rings. The zero-order valence-electron chi connectivity index (χ0n) is 12.6. The lowest BCUT2D eigenvalue weighted by molar-refractivity contribution is -0.116. The number of amides is 1. The summed E-state index contributed by atoms with van der Waals surface area (Å²) in [4.78, 5) is 11.8. The summed E-state index contributed by atoms with van der Waals surface area (Å²) in [5.74, 6) is 0.951. The molecule has 0 saturated heterocycles. The molecule has 0 aliphatic rings. The summed E-state index contributed by atoms with van der Waals surface area (Å²) in [5.41, 5.74) is 8.95. The van der Waals surface area contributed by atoms with Gasteiger partial charge in [-0.25, -0.2) is 0 Å². The number of hydrogen-bond acceptors (Lipinski definition) is 3. The zero-order chi connectivity index (χ0) is 14.4. The Morgan fingerprint density at radius 3 is 2.55 bits per heavy atom. The molecule has 0 heterocycles. The summed E-state index contributed by atoms with van der Waals surface area (Å²) < 4.78 is 0. The molecule has 3 nitrogen and oxygen atoms in total. The van der Waals surface area contributed by atoms with E-state index in [2.05, 4.69) is 32.2 Å². The van der Waals surface area contributed by atoms with Crippen molar-refractivity contribution in [2.75, 3.05) is 5.32 Å². The normalized spacial score (nSPS) is 11.9. The Hall–Kier alpha value is -0.710. The monoisotopic (exact) mass is 316 g/mol. The number of thioether (sulfide) groups is 1. The molecule has 0 radical (unpaired) electrons. The second kappa shape index (κ2) is 9.27. The fraction of sp³-hybridized carbons (Fsp3) is 0.533. The van der Waals surface area contributed by atoms with Crippen molar-refractivity contribution in [1.82, 2.24) is 0 Å². The number of halogens is 1. The van der Waals surface area contributed by atoms with Crippen LogP contribution in [0.4, 0.5) is 5.69 Å². The topological polar surface area (TPSA) is 55.1 Å². The van der Waals surface area contributed by atoms with E-state index in [4.69, 9.17) is 5.73 Å². The van der Waals surface area contributed by atoms with E-state index in [1.807, 2.05) is 30.8 Å². The number of anilines is 1. The minimum absolute atomic E-state index is 0. The van der Waals surface area contributed by atoms with Gasteiger partial charge >= 0.3 is 0 Å². The Morgan fingerprint density at radius 2 is 2.00 bits per heavy atom. The molecule has 0 aliphatic heterocycles. The van der Waals surface area contributed by atoms with Gasteiger partial charge in [-0.2, -0.15) is 11.8 Å². The lowest BCUT2D eigenvalue weighted by Gasteiger charge is -2.14. The number of hydrogen-bond donors (Lipinski definition) is 2. The highest BCUT2D eigenvalue weighted by atomic mass is 35.5. The van der Waals surface area contributed by atoms with E-state index in [1.54, 1.807) is 0 Å². The smallest absolute Gasteiger partial charge is 0.225 e. The van der Waals surface area contributed by atoms with Gasteiger partial charge in [-0.05, 0) is 36.3 Å². The van der Waals surface area contributed by atoms with Crippen LogP contribution in [0.3, 0.4) is 0 Å². The minimum Gasteiger partial charge on any atom is -0.327 e. The molecule has 0 aromatic heterocycles. The summed E-state index contributed by atoms with van der Waals surface area (Å²) in [6.07, 6.45) is 0.352. The van der Waals surface area contributed by atoms with Crippen LogP contribution >= 0.6 is 24.2 Å². The number of carbonyl (C=O) groups excluding carboxylic acids is 1. The molecule has 0 bridgehead atoms. The second-order valence-corrected chi connectivity index (χ2v) is 6.74. The fourth-order valence-electron chi connectivity index (χ4n) is 1.73. The molecule has 1 unspecified atom stereocenters. The molecule has 0 spiro atoms. The predicted molar refractivity (Wildman–Crippen MR) is 91.8 cm³/mol. The average molecular weight is 317 g/mol. The molecular weight excluding hydrogens is 292 g/mol.